The number of nitrogens with one attached hydrogen (secondary N) is 2. The van der Waals surface area contributed by atoms with Crippen molar-refractivity contribution in [1.29, 1.82) is 0 Å². The molecule has 0 aliphatic carbocycles. The van der Waals surface area contributed by atoms with E-state index < -0.39 is 10.0 Å². The fourth-order valence-electron chi connectivity index (χ4n) is 2.77. The molecule has 2 aromatic rings. The zero-order valence-corrected chi connectivity index (χ0v) is 17.2. The highest BCUT2D eigenvalue weighted by atomic mass is 32.2. The SMILES string of the molecule is Cc1ccc(C(=O)CCC(=O)NCCNS(=O)(=O)c2ccc(C)cc2C)cc1. The van der Waals surface area contributed by atoms with Crippen molar-refractivity contribution >= 4 is 21.7 Å². The van der Waals surface area contributed by atoms with E-state index in [2.05, 4.69) is 10.0 Å². The summed E-state index contributed by atoms with van der Waals surface area (Å²) in [4.78, 5) is 24.2. The first-order valence-electron chi connectivity index (χ1n) is 9.12. The lowest BCUT2D eigenvalue weighted by molar-refractivity contribution is -0.121. The van der Waals surface area contributed by atoms with Crippen LogP contribution in [0.4, 0.5) is 0 Å². The van der Waals surface area contributed by atoms with Gasteiger partial charge in [-0.1, -0.05) is 47.5 Å². The van der Waals surface area contributed by atoms with E-state index in [0.717, 1.165) is 11.1 Å². The van der Waals surface area contributed by atoms with Gasteiger partial charge in [-0.25, -0.2) is 13.1 Å². The molecule has 0 radical (unpaired) electrons. The van der Waals surface area contributed by atoms with Crippen LogP contribution in [0.2, 0.25) is 0 Å². The van der Waals surface area contributed by atoms with Crippen molar-refractivity contribution in [2.24, 2.45) is 0 Å². The van der Waals surface area contributed by atoms with Gasteiger partial charge in [0.2, 0.25) is 15.9 Å². The van der Waals surface area contributed by atoms with Crippen molar-refractivity contribution in [3.63, 3.8) is 0 Å². The van der Waals surface area contributed by atoms with Gasteiger partial charge in [0, 0.05) is 31.5 Å². The lowest BCUT2D eigenvalue weighted by Gasteiger charge is -2.10. The Morgan fingerprint density at radius 2 is 1.50 bits per heavy atom. The van der Waals surface area contributed by atoms with Crippen LogP contribution in [0.1, 0.15) is 39.9 Å². The van der Waals surface area contributed by atoms with E-state index in [1.165, 1.54) is 0 Å². The van der Waals surface area contributed by atoms with Gasteiger partial charge in [-0.3, -0.25) is 9.59 Å². The van der Waals surface area contributed by atoms with Gasteiger partial charge in [-0.15, -0.1) is 0 Å². The first kappa shape index (κ1) is 21.8. The zero-order chi connectivity index (χ0) is 20.7. The molecule has 0 aromatic heterocycles. The molecule has 2 aromatic carbocycles. The second kappa shape index (κ2) is 9.61. The van der Waals surface area contributed by atoms with Crippen LogP contribution in [0.25, 0.3) is 0 Å². The predicted molar refractivity (Wildman–Crippen MR) is 109 cm³/mol. The summed E-state index contributed by atoms with van der Waals surface area (Å²) in [5.41, 5.74) is 3.31. The van der Waals surface area contributed by atoms with Crippen molar-refractivity contribution in [3.05, 3.63) is 64.7 Å². The summed E-state index contributed by atoms with van der Waals surface area (Å²) in [6.07, 6.45) is 0.180. The molecule has 7 heteroatoms. The quantitative estimate of drug-likeness (QED) is 0.498. The van der Waals surface area contributed by atoms with Gasteiger partial charge in [0.25, 0.3) is 0 Å². The van der Waals surface area contributed by atoms with Gasteiger partial charge in [0.1, 0.15) is 0 Å². The summed E-state index contributed by atoms with van der Waals surface area (Å²) < 4.78 is 27.2. The van der Waals surface area contributed by atoms with Crippen LogP contribution >= 0.6 is 0 Å². The van der Waals surface area contributed by atoms with Gasteiger partial charge in [0.05, 0.1) is 4.90 Å². The van der Waals surface area contributed by atoms with Gasteiger partial charge >= 0.3 is 0 Å². The van der Waals surface area contributed by atoms with Crippen LogP contribution in [-0.4, -0.2) is 33.2 Å². The van der Waals surface area contributed by atoms with Crippen molar-refractivity contribution in [2.45, 2.75) is 38.5 Å². The number of hydrogen-bond acceptors (Lipinski definition) is 4. The summed E-state index contributed by atoms with van der Waals surface area (Å²) in [6.45, 7) is 5.81. The van der Waals surface area contributed by atoms with E-state index in [-0.39, 0.29) is 42.5 Å². The summed E-state index contributed by atoms with van der Waals surface area (Å²) in [5.74, 6) is -0.378. The minimum absolute atomic E-state index is 0.0660. The molecule has 2 rings (SSSR count). The van der Waals surface area contributed by atoms with E-state index in [1.54, 1.807) is 37.3 Å². The van der Waals surface area contributed by atoms with E-state index >= 15 is 0 Å². The fraction of sp³-hybridized carbons (Fsp3) is 0.333. The van der Waals surface area contributed by atoms with Gasteiger partial charge < -0.3 is 5.32 Å². The molecule has 0 aliphatic rings. The molecule has 0 heterocycles. The molecule has 0 unspecified atom stereocenters. The number of Topliss-reactive ketones (excluding diaryl/α,β-unsaturated/α-hetero) is 1. The number of carbonyl (C=O) groups is 2. The van der Waals surface area contributed by atoms with Gasteiger partial charge in [0.15, 0.2) is 5.78 Å². The van der Waals surface area contributed by atoms with Crippen molar-refractivity contribution < 1.29 is 18.0 Å². The molecule has 0 spiro atoms. The third-order valence-corrected chi connectivity index (χ3v) is 5.93. The molecule has 0 saturated carbocycles. The Hall–Kier alpha value is -2.51. The highest BCUT2D eigenvalue weighted by Crippen LogP contribution is 2.15. The summed E-state index contributed by atoms with van der Waals surface area (Å²) in [7, 11) is -3.63. The smallest absolute Gasteiger partial charge is 0.240 e. The number of benzene rings is 2. The molecule has 2 N–H and O–H groups in total. The van der Waals surface area contributed by atoms with Gasteiger partial charge in [-0.2, -0.15) is 0 Å². The Balaban J connectivity index is 1.74. The van der Waals surface area contributed by atoms with Gasteiger partial charge in [-0.05, 0) is 32.4 Å². The maximum atomic E-state index is 12.3. The van der Waals surface area contributed by atoms with E-state index in [0.29, 0.717) is 11.1 Å². The standard InChI is InChI=1S/C21H26N2O4S/c1-15-4-7-18(8-5-15)19(24)9-11-21(25)22-12-13-23-28(26,27)20-10-6-16(2)14-17(20)3/h4-8,10,14,23H,9,11-13H2,1-3H3,(H,22,25). The molecule has 6 nitrogen and oxygen atoms in total. The molecule has 0 fully saturated rings. The maximum absolute atomic E-state index is 12.3. The molecule has 0 aliphatic heterocycles. The minimum atomic E-state index is -3.63. The summed E-state index contributed by atoms with van der Waals surface area (Å²) >= 11 is 0. The molecule has 28 heavy (non-hydrogen) atoms. The normalized spacial score (nSPS) is 11.2. The number of ketones is 1. The van der Waals surface area contributed by atoms with Crippen molar-refractivity contribution in [1.82, 2.24) is 10.0 Å². The Bertz CT molecular complexity index is 951. The molecular weight excluding hydrogens is 376 g/mol. The molecule has 0 atom stereocenters. The largest absolute Gasteiger partial charge is 0.355 e. The fourth-order valence-corrected chi connectivity index (χ4v) is 4.02. The third kappa shape index (κ3) is 6.28. The molecule has 150 valence electrons. The second-order valence-corrected chi connectivity index (χ2v) is 8.54. The Kier molecular flexibility index (Phi) is 7.48. The number of rotatable bonds is 9. The molecule has 0 saturated heterocycles. The van der Waals surface area contributed by atoms with Crippen LogP contribution in [0, 0.1) is 20.8 Å². The van der Waals surface area contributed by atoms with E-state index in [9.17, 15) is 18.0 Å². The number of sulfonamides is 1. The van der Waals surface area contributed by atoms with Crippen LogP contribution in [0.5, 0.6) is 0 Å². The number of hydrogen-bond donors (Lipinski definition) is 2. The minimum Gasteiger partial charge on any atom is -0.355 e. The molecule has 0 bridgehead atoms. The zero-order valence-electron chi connectivity index (χ0n) is 16.4. The van der Waals surface area contributed by atoms with E-state index in [1.807, 2.05) is 26.0 Å². The predicted octanol–water partition coefficient (Wildman–Crippen LogP) is 2.67. The molecule has 1 amide bonds. The average molecular weight is 403 g/mol. The highest BCUT2D eigenvalue weighted by Gasteiger charge is 2.16. The number of aryl methyl sites for hydroxylation is 3. The van der Waals surface area contributed by atoms with Crippen LogP contribution in [-0.2, 0) is 14.8 Å². The third-order valence-electron chi connectivity index (χ3n) is 4.31. The Morgan fingerprint density at radius 3 is 2.14 bits per heavy atom. The topological polar surface area (TPSA) is 92.3 Å². The number of amides is 1. The first-order chi connectivity index (χ1) is 13.2. The summed E-state index contributed by atoms with van der Waals surface area (Å²) in [6, 6.07) is 12.3. The Morgan fingerprint density at radius 1 is 0.857 bits per heavy atom. The summed E-state index contributed by atoms with van der Waals surface area (Å²) in [5, 5.41) is 2.63. The van der Waals surface area contributed by atoms with Crippen LogP contribution in [0.3, 0.4) is 0 Å². The maximum Gasteiger partial charge on any atom is 0.240 e. The monoisotopic (exact) mass is 402 g/mol. The second-order valence-electron chi connectivity index (χ2n) is 6.81. The lowest BCUT2D eigenvalue weighted by Crippen LogP contribution is -2.35. The lowest BCUT2D eigenvalue weighted by atomic mass is 10.1. The van der Waals surface area contributed by atoms with E-state index in [4.69, 9.17) is 0 Å². The first-order valence-corrected chi connectivity index (χ1v) is 10.6. The van der Waals surface area contributed by atoms with Crippen LogP contribution in [0.15, 0.2) is 47.4 Å². The van der Waals surface area contributed by atoms with Crippen LogP contribution < -0.4 is 10.0 Å². The highest BCUT2D eigenvalue weighted by molar-refractivity contribution is 7.89. The molecular formula is C21H26N2O4S. The average Bonchev–Trinajstić information content (AvgIpc) is 2.63. The van der Waals surface area contributed by atoms with Crippen molar-refractivity contribution in [2.75, 3.05) is 13.1 Å². The van der Waals surface area contributed by atoms with Crippen molar-refractivity contribution in [3.8, 4) is 0 Å². The number of carbonyl (C=O) groups excluding carboxylic acids is 2. The Labute approximate surface area is 166 Å².